The number of ether oxygens (including phenoxy) is 1. The molecule has 2 atom stereocenters. The van der Waals surface area contributed by atoms with Crippen LogP contribution in [0.3, 0.4) is 0 Å². The number of aromatic nitrogens is 4. The fourth-order valence-corrected chi connectivity index (χ4v) is 5.71. The monoisotopic (exact) mass is 522 g/mol. The predicted octanol–water partition coefficient (Wildman–Crippen LogP) is 3.71. The summed E-state index contributed by atoms with van der Waals surface area (Å²) in [4.78, 5) is 27.6. The summed E-state index contributed by atoms with van der Waals surface area (Å²) in [6.07, 6.45) is -1.51. The highest BCUT2D eigenvalue weighted by Crippen LogP contribution is 2.42. The van der Waals surface area contributed by atoms with Crippen LogP contribution in [-0.4, -0.2) is 85.3 Å². The number of halogens is 3. The Labute approximate surface area is 213 Å². The van der Waals surface area contributed by atoms with Crippen molar-refractivity contribution in [1.29, 1.82) is 0 Å². The number of alkyl halides is 3. The summed E-state index contributed by atoms with van der Waals surface area (Å²) in [7, 11) is 0. The third-order valence-corrected chi connectivity index (χ3v) is 7.82. The highest BCUT2D eigenvalue weighted by Gasteiger charge is 2.47. The van der Waals surface area contributed by atoms with Crippen LogP contribution in [0.1, 0.15) is 57.5 Å². The maximum absolute atomic E-state index is 13.9. The largest absolute Gasteiger partial charge is 0.433 e. The van der Waals surface area contributed by atoms with Crippen LogP contribution in [0, 0.1) is 0 Å². The van der Waals surface area contributed by atoms with Crippen molar-refractivity contribution in [2.45, 2.75) is 76.9 Å². The van der Waals surface area contributed by atoms with E-state index in [0.717, 1.165) is 50.6 Å². The Morgan fingerprint density at radius 3 is 2.62 bits per heavy atom. The number of nitrogens with zero attached hydrogens (tertiary/aromatic N) is 6. The first-order valence-electron chi connectivity index (χ1n) is 12.6. The molecule has 0 aromatic carbocycles. The minimum atomic E-state index is -4.58. The highest BCUT2D eigenvalue weighted by molar-refractivity contribution is 5.78. The molecule has 0 saturated carbocycles. The number of nitrogens with one attached hydrogen (secondary N) is 2. The number of hydrogen-bond acceptors (Lipinski definition) is 7. The summed E-state index contributed by atoms with van der Waals surface area (Å²) in [6.45, 7) is 11.4. The van der Waals surface area contributed by atoms with Crippen LogP contribution in [0.2, 0.25) is 0 Å². The lowest BCUT2D eigenvalue weighted by Gasteiger charge is -2.49. The molecule has 37 heavy (non-hydrogen) atoms. The fraction of sp³-hybridized carbons (Fsp3) is 0.667. The zero-order chi connectivity index (χ0) is 26.5. The number of amides is 2. The summed E-state index contributed by atoms with van der Waals surface area (Å²) in [5, 5.41) is 10.0. The van der Waals surface area contributed by atoms with E-state index in [-0.39, 0.29) is 30.6 Å². The highest BCUT2D eigenvalue weighted by atomic mass is 19.4. The lowest BCUT2D eigenvalue weighted by atomic mass is 9.99. The summed E-state index contributed by atoms with van der Waals surface area (Å²) in [5.41, 5.74) is -0.287. The van der Waals surface area contributed by atoms with E-state index in [1.165, 1.54) is 0 Å². The number of carbonyl (C=O) groups excluding carboxylic acids is 1. The smallest absolute Gasteiger partial charge is 0.381 e. The normalized spacial score (nSPS) is 24.8. The van der Waals surface area contributed by atoms with E-state index in [1.807, 2.05) is 18.7 Å². The number of anilines is 2. The molecule has 2 N–H and O–H groups in total. The molecule has 0 aliphatic carbocycles. The quantitative estimate of drug-likeness (QED) is 0.634. The molecule has 0 radical (unpaired) electrons. The molecule has 0 spiro atoms. The van der Waals surface area contributed by atoms with Gasteiger partial charge in [0.25, 0.3) is 0 Å². The van der Waals surface area contributed by atoms with Gasteiger partial charge in [-0.3, -0.25) is 10.00 Å². The van der Waals surface area contributed by atoms with E-state index in [9.17, 15) is 18.0 Å². The van der Waals surface area contributed by atoms with Gasteiger partial charge in [0.2, 0.25) is 5.95 Å². The molecule has 0 unspecified atom stereocenters. The van der Waals surface area contributed by atoms with E-state index in [2.05, 4.69) is 44.2 Å². The number of hydrogen-bond donors (Lipinski definition) is 2. The number of fused-ring (bicyclic) bond motifs is 1. The first-order valence-corrected chi connectivity index (χ1v) is 12.6. The minimum absolute atomic E-state index is 0.0375. The van der Waals surface area contributed by atoms with Gasteiger partial charge in [-0.1, -0.05) is 0 Å². The molecule has 2 fully saturated rings. The van der Waals surface area contributed by atoms with Crippen molar-refractivity contribution in [2.24, 2.45) is 0 Å². The second kappa shape index (κ2) is 9.43. The molecule has 3 aliphatic rings. The third kappa shape index (κ3) is 4.74. The molecule has 2 aromatic rings. The van der Waals surface area contributed by atoms with Gasteiger partial charge in [-0.15, -0.1) is 0 Å². The predicted molar refractivity (Wildman–Crippen MR) is 129 cm³/mol. The average molecular weight is 523 g/mol. The molecule has 13 heteroatoms. The molecule has 202 valence electrons. The minimum Gasteiger partial charge on any atom is -0.381 e. The Morgan fingerprint density at radius 2 is 1.92 bits per heavy atom. The summed E-state index contributed by atoms with van der Waals surface area (Å²) < 4.78 is 44.8. The van der Waals surface area contributed by atoms with Crippen LogP contribution in [0.4, 0.5) is 29.7 Å². The molecule has 2 saturated heterocycles. The second-order valence-corrected chi connectivity index (χ2v) is 10.6. The van der Waals surface area contributed by atoms with Gasteiger partial charge >= 0.3 is 12.2 Å². The number of H-pyrrole nitrogens is 1. The fourth-order valence-electron chi connectivity index (χ4n) is 5.71. The molecule has 10 nitrogen and oxygen atoms in total. The number of rotatable bonds is 3. The topological polar surface area (TPSA) is 103 Å². The third-order valence-electron chi connectivity index (χ3n) is 7.82. The van der Waals surface area contributed by atoms with Crippen LogP contribution in [0.5, 0.6) is 0 Å². The molecule has 5 rings (SSSR count). The number of piperazine rings is 1. The summed E-state index contributed by atoms with van der Waals surface area (Å²) in [5.74, 6) is 0.0989. The van der Waals surface area contributed by atoms with Crippen molar-refractivity contribution in [3.63, 3.8) is 0 Å². The van der Waals surface area contributed by atoms with Crippen LogP contribution < -0.4 is 5.32 Å². The van der Waals surface area contributed by atoms with Crippen molar-refractivity contribution in [2.75, 3.05) is 31.6 Å². The van der Waals surface area contributed by atoms with Crippen molar-refractivity contribution >= 4 is 17.8 Å². The van der Waals surface area contributed by atoms with Gasteiger partial charge in [0.05, 0.1) is 17.8 Å². The van der Waals surface area contributed by atoms with E-state index in [4.69, 9.17) is 4.74 Å². The van der Waals surface area contributed by atoms with Crippen LogP contribution in [0.25, 0.3) is 0 Å². The second-order valence-electron chi connectivity index (χ2n) is 10.6. The van der Waals surface area contributed by atoms with E-state index >= 15 is 0 Å². The van der Waals surface area contributed by atoms with Gasteiger partial charge in [0.1, 0.15) is 5.69 Å². The molecule has 0 bridgehead atoms. The van der Waals surface area contributed by atoms with Crippen molar-refractivity contribution in [3.05, 3.63) is 29.2 Å². The molecule has 2 aromatic heterocycles. The summed E-state index contributed by atoms with van der Waals surface area (Å²) >= 11 is 0. The maximum Gasteiger partial charge on any atom is 0.433 e. The molecular formula is C24H33F3N8O2. The van der Waals surface area contributed by atoms with Gasteiger partial charge in [-0.25, -0.2) is 14.8 Å². The van der Waals surface area contributed by atoms with Crippen molar-refractivity contribution in [3.8, 4) is 0 Å². The van der Waals surface area contributed by atoms with Gasteiger partial charge in [-0.05, 0) is 46.6 Å². The lowest BCUT2D eigenvalue weighted by Crippen LogP contribution is -2.63. The van der Waals surface area contributed by atoms with Crippen LogP contribution in [0.15, 0.2) is 12.3 Å². The lowest BCUT2D eigenvalue weighted by molar-refractivity contribution is -0.141. The average Bonchev–Trinajstić information content (AvgIpc) is 3.37. The molecule has 3 aliphatic heterocycles. The Bertz CT molecular complexity index is 1150. The molecule has 2 amide bonds. The first-order chi connectivity index (χ1) is 17.5. The zero-order valence-corrected chi connectivity index (χ0v) is 21.5. The number of urea groups is 1. The summed E-state index contributed by atoms with van der Waals surface area (Å²) in [6, 6.07) is 1.48. The zero-order valence-electron chi connectivity index (χ0n) is 21.5. The number of aromatic amines is 1. The SMILES string of the molecule is C[C@@H]1CN(C(=O)N2Cc3c(Nc4nccc(C(F)(F)F)n4)n[nH]c3C2(C)C)[C@@H](C)CN1C1CCOCC1. The number of carbonyl (C=O) groups is 1. The molecule has 5 heterocycles. The Hall–Kier alpha value is -2.93. The Kier molecular flexibility index (Phi) is 6.55. The Balaban J connectivity index is 1.31. The van der Waals surface area contributed by atoms with Gasteiger partial charge < -0.3 is 19.9 Å². The standard InChI is InChI=1S/C24H33F3N8O2/c1-14-12-34(15(2)11-33(14)16-6-9-37-10-7-16)22(36)35-13-17-19(23(35,3)4)31-32-20(17)30-21-28-8-5-18(29-21)24(25,26)27/h5,8,14-16H,6-7,9-13H2,1-4H3,(H2,28,29,30,31,32)/t14-,15+/m1/s1. The van der Waals surface area contributed by atoms with Gasteiger partial charge in [0.15, 0.2) is 5.82 Å². The Morgan fingerprint density at radius 1 is 1.19 bits per heavy atom. The van der Waals surface area contributed by atoms with Crippen LogP contribution >= 0.6 is 0 Å². The van der Waals surface area contributed by atoms with E-state index in [1.54, 1.807) is 4.90 Å². The maximum atomic E-state index is 13.9. The van der Waals surface area contributed by atoms with Crippen LogP contribution in [-0.2, 0) is 23.0 Å². The molecular weight excluding hydrogens is 489 g/mol. The van der Waals surface area contributed by atoms with E-state index < -0.39 is 17.4 Å². The first kappa shape index (κ1) is 25.7. The van der Waals surface area contributed by atoms with Crippen molar-refractivity contribution in [1.82, 2.24) is 34.9 Å². The van der Waals surface area contributed by atoms with Gasteiger partial charge in [-0.2, -0.15) is 18.3 Å². The van der Waals surface area contributed by atoms with Gasteiger partial charge in [0, 0.05) is 56.2 Å². The van der Waals surface area contributed by atoms with E-state index in [0.29, 0.717) is 24.0 Å². The van der Waals surface area contributed by atoms with Crippen molar-refractivity contribution < 1.29 is 22.7 Å².